The first-order chi connectivity index (χ1) is 7.25. The highest BCUT2D eigenvalue weighted by atomic mass is 16.6. The minimum Gasteiger partial charge on any atom is -0.376 e. The van der Waals surface area contributed by atoms with Gasteiger partial charge in [0.2, 0.25) is 0 Å². The molecular weight excluding hydrogens is 200 g/mol. The fourth-order valence-electron chi connectivity index (χ4n) is 1.34. The van der Waals surface area contributed by atoms with Crippen molar-refractivity contribution in [3.05, 3.63) is 5.82 Å². The fourth-order valence-corrected chi connectivity index (χ4v) is 1.34. The van der Waals surface area contributed by atoms with Crippen LogP contribution in [0.5, 0.6) is 0 Å². The first kappa shape index (κ1) is 10.2. The van der Waals surface area contributed by atoms with Gasteiger partial charge in [-0.05, 0) is 5.21 Å². The van der Waals surface area contributed by atoms with Crippen molar-refractivity contribution in [2.45, 2.75) is 12.5 Å². The van der Waals surface area contributed by atoms with Crippen LogP contribution in [0.4, 0.5) is 0 Å². The summed E-state index contributed by atoms with van der Waals surface area (Å²) in [7, 11) is 1.65. The number of aryl methyl sites for hydroxylation is 1. The molecule has 0 radical (unpaired) electrons. The summed E-state index contributed by atoms with van der Waals surface area (Å²) in [6, 6.07) is 0. The van der Waals surface area contributed by atoms with Crippen LogP contribution >= 0.6 is 0 Å². The Balaban J connectivity index is 1.91. The van der Waals surface area contributed by atoms with E-state index in [2.05, 4.69) is 15.4 Å². The summed E-state index contributed by atoms with van der Waals surface area (Å²) in [5.41, 5.74) is 0. The van der Waals surface area contributed by atoms with Crippen LogP contribution in [0.25, 0.3) is 0 Å². The summed E-state index contributed by atoms with van der Waals surface area (Å²) >= 11 is 0. The van der Waals surface area contributed by atoms with E-state index in [1.807, 2.05) is 0 Å². The number of carbonyl (C=O) groups is 1. The van der Waals surface area contributed by atoms with E-state index in [1.54, 1.807) is 7.05 Å². The third-order valence-electron chi connectivity index (χ3n) is 2.06. The van der Waals surface area contributed by atoms with Gasteiger partial charge < -0.3 is 9.47 Å². The first-order valence-corrected chi connectivity index (χ1v) is 4.70. The van der Waals surface area contributed by atoms with Crippen molar-refractivity contribution in [1.82, 2.24) is 20.2 Å². The van der Waals surface area contributed by atoms with Crippen LogP contribution in [-0.2, 0) is 27.7 Å². The highest BCUT2D eigenvalue weighted by molar-refractivity contribution is 5.84. The van der Waals surface area contributed by atoms with Gasteiger partial charge in [0.15, 0.2) is 11.6 Å². The van der Waals surface area contributed by atoms with Crippen molar-refractivity contribution in [1.29, 1.82) is 0 Å². The van der Waals surface area contributed by atoms with Crippen LogP contribution in [0.1, 0.15) is 5.82 Å². The molecule has 0 spiro atoms. The van der Waals surface area contributed by atoms with Crippen LogP contribution < -0.4 is 0 Å². The van der Waals surface area contributed by atoms with Crippen molar-refractivity contribution in [3.8, 4) is 0 Å². The lowest BCUT2D eigenvalue weighted by Crippen LogP contribution is -2.36. The molecule has 0 amide bonds. The van der Waals surface area contributed by atoms with Gasteiger partial charge >= 0.3 is 0 Å². The Morgan fingerprint density at radius 1 is 1.60 bits per heavy atom. The topological polar surface area (TPSA) is 79.1 Å². The van der Waals surface area contributed by atoms with Crippen LogP contribution in [0.15, 0.2) is 0 Å². The number of hydrogen-bond acceptors (Lipinski definition) is 6. The van der Waals surface area contributed by atoms with E-state index in [0.29, 0.717) is 25.6 Å². The predicted octanol–water partition coefficient (Wildman–Crippen LogP) is -1.26. The maximum atomic E-state index is 11.7. The third-order valence-corrected chi connectivity index (χ3v) is 2.06. The summed E-state index contributed by atoms with van der Waals surface area (Å²) < 4.78 is 10.4. The second-order valence-corrected chi connectivity index (χ2v) is 3.27. The number of rotatable bonds is 3. The number of nitrogens with zero attached hydrogens (tertiary/aromatic N) is 4. The van der Waals surface area contributed by atoms with Gasteiger partial charge in [0.1, 0.15) is 6.10 Å². The zero-order valence-electron chi connectivity index (χ0n) is 8.42. The van der Waals surface area contributed by atoms with Gasteiger partial charge in [-0.3, -0.25) is 4.79 Å². The first-order valence-electron chi connectivity index (χ1n) is 4.70. The monoisotopic (exact) mass is 212 g/mol. The molecule has 1 aliphatic rings. The van der Waals surface area contributed by atoms with Gasteiger partial charge in [-0.2, -0.15) is 4.80 Å². The molecule has 1 fully saturated rings. The Morgan fingerprint density at radius 3 is 3.07 bits per heavy atom. The summed E-state index contributed by atoms with van der Waals surface area (Å²) in [6.45, 7) is 1.33. The lowest BCUT2D eigenvalue weighted by atomic mass is 10.1. The van der Waals surface area contributed by atoms with Crippen molar-refractivity contribution in [3.63, 3.8) is 0 Å². The molecule has 1 unspecified atom stereocenters. The molecule has 1 aromatic heterocycles. The molecule has 2 heterocycles. The van der Waals surface area contributed by atoms with Crippen LogP contribution in [0.3, 0.4) is 0 Å². The molecule has 2 rings (SSSR count). The second-order valence-electron chi connectivity index (χ2n) is 3.27. The summed E-state index contributed by atoms with van der Waals surface area (Å²) in [5.74, 6) is 0.347. The molecule has 0 N–H and O–H groups in total. The highest BCUT2D eigenvalue weighted by Gasteiger charge is 2.23. The van der Waals surface area contributed by atoms with Crippen molar-refractivity contribution >= 4 is 5.78 Å². The Morgan fingerprint density at radius 2 is 2.47 bits per heavy atom. The SMILES string of the molecule is Cn1nnc(CC(=O)C2COCCO2)n1. The van der Waals surface area contributed by atoms with E-state index in [1.165, 1.54) is 4.80 Å². The molecule has 7 heteroatoms. The Hall–Kier alpha value is -1.34. The maximum absolute atomic E-state index is 11.7. The molecule has 1 aromatic rings. The average molecular weight is 212 g/mol. The molecule has 1 aliphatic heterocycles. The second kappa shape index (κ2) is 4.45. The summed E-state index contributed by atoms with van der Waals surface area (Å²) in [5, 5.41) is 11.3. The molecule has 0 bridgehead atoms. The zero-order valence-corrected chi connectivity index (χ0v) is 8.42. The van der Waals surface area contributed by atoms with Gasteiger partial charge in [-0.25, -0.2) is 0 Å². The Kier molecular flexibility index (Phi) is 3.02. The number of tetrazole rings is 1. The van der Waals surface area contributed by atoms with Gasteiger partial charge in [0, 0.05) is 0 Å². The van der Waals surface area contributed by atoms with E-state index in [9.17, 15) is 4.79 Å². The van der Waals surface area contributed by atoms with Crippen molar-refractivity contribution < 1.29 is 14.3 Å². The molecule has 0 saturated carbocycles. The van der Waals surface area contributed by atoms with Gasteiger partial charge in [0.05, 0.1) is 33.3 Å². The maximum Gasteiger partial charge on any atom is 0.182 e. The number of hydrogen-bond donors (Lipinski definition) is 0. The third kappa shape index (κ3) is 2.57. The average Bonchev–Trinajstić information content (AvgIpc) is 2.65. The molecule has 15 heavy (non-hydrogen) atoms. The van der Waals surface area contributed by atoms with E-state index in [-0.39, 0.29) is 12.2 Å². The van der Waals surface area contributed by atoms with E-state index in [4.69, 9.17) is 9.47 Å². The van der Waals surface area contributed by atoms with Crippen LogP contribution in [-0.4, -0.2) is 51.9 Å². The van der Waals surface area contributed by atoms with Gasteiger partial charge in [-0.15, -0.1) is 10.2 Å². The molecule has 7 nitrogen and oxygen atoms in total. The smallest absolute Gasteiger partial charge is 0.182 e. The van der Waals surface area contributed by atoms with E-state index < -0.39 is 6.10 Å². The molecule has 1 atom stereocenters. The largest absolute Gasteiger partial charge is 0.376 e. The molecule has 0 aliphatic carbocycles. The van der Waals surface area contributed by atoms with Gasteiger partial charge in [-0.1, -0.05) is 0 Å². The number of ketones is 1. The zero-order chi connectivity index (χ0) is 10.7. The van der Waals surface area contributed by atoms with Crippen LogP contribution in [0.2, 0.25) is 0 Å². The number of aromatic nitrogens is 4. The van der Waals surface area contributed by atoms with E-state index in [0.717, 1.165) is 0 Å². The molecule has 1 saturated heterocycles. The molecule has 82 valence electrons. The normalized spacial score (nSPS) is 21.5. The van der Waals surface area contributed by atoms with Crippen molar-refractivity contribution in [2.75, 3.05) is 19.8 Å². The lowest BCUT2D eigenvalue weighted by Gasteiger charge is -2.21. The summed E-state index contributed by atoms with van der Waals surface area (Å²) in [6.07, 6.45) is -0.343. The summed E-state index contributed by atoms with van der Waals surface area (Å²) in [4.78, 5) is 13.0. The molecule has 0 aromatic carbocycles. The predicted molar refractivity (Wildman–Crippen MR) is 48.1 cm³/mol. The number of ether oxygens (including phenoxy) is 2. The number of carbonyl (C=O) groups excluding carboxylic acids is 1. The van der Waals surface area contributed by atoms with E-state index >= 15 is 0 Å². The quantitative estimate of drug-likeness (QED) is 0.622. The standard InChI is InChI=1S/C8H12N4O3/c1-12-10-8(9-11-12)4-6(13)7-5-14-2-3-15-7/h7H,2-5H2,1H3. The minimum atomic E-state index is -0.484. The van der Waals surface area contributed by atoms with Crippen LogP contribution in [0, 0.1) is 0 Å². The van der Waals surface area contributed by atoms with Gasteiger partial charge in [0.25, 0.3) is 0 Å². The van der Waals surface area contributed by atoms with Crippen molar-refractivity contribution in [2.24, 2.45) is 7.05 Å². The fraction of sp³-hybridized carbons (Fsp3) is 0.750. The highest BCUT2D eigenvalue weighted by Crippen LogP contribution is 2.04. The lowest BCUT2D eigenvalue weighted by molar-refractivity contribution is -0.144. The Bertz CT molecular complexity index is 345. The number of Topliss-reactive ketones (excluding diaryl/α,β-unsaturated/α-hetero) is 1. The molecular formula is C8H12N4O3. The minimum absolute atomic E-state index is 0.0669. The Labute approximate surface area is 86.4 Å².